The zero-order valence-corrected chi connectivity index (χ0v) is 24.3. The number of hydrogen-bond acceptors (Lipinski definition) is 5. The quantitative estimate of drug-likeness (QED) is 0.384. The van der Waals surface area contributed by atoms with Crippen LogP contribution in [0.2, 0.25) is 0 Å². The summed E-state index contributed by atoms with van der Waals surface area (Å²) in [5, 5.41) is 14.9. The largest absolute Gasteiger partial charge is 0.478 e. The van der Waals surface area contributed by atoms with Gasteiger partial charge >= 0.3 is 5.97 Å². The average Bonchev–Trinajstić information content (AvgIpc) is 2.81. The zero-order chi connectivity index (χ0) is 28.3. The van der Waals surface area contributed by atoms with Gasteiger partial charge in [-0.3, -0.25) is 13.8 Å². The molecule has 3 unspecified atom stereocenters. The highest BCUT2D eigenvalue weighted by Crippen LogP contribution is 2.28. The summed E-state index contributed by atoms with van der Waals surface area (Å²) < 4.78 is 11.4. The van der Waals surface area contributed by atoms with Crippen LogP contribution in [0.15, 0.2) is 42.0 Å². The molecule has 8 nitrogen and oxygen atoms in total. The van der Waals surface area contributed by atoms with E-state index in [1.807, 2.05) is 44.2 Å². The first kappa shape index (κ1) is 33.5. The predicted octanol–water partition coefficient (Wildman–Crippen LogP) is 3.10. The molecule has 0 aliphatic heterocycles. The second-order valence-corrected chi connectivity index (χ2v) is 11.9. The lowest BCUT2D eigenvalue weighted by atomic mass is 9.77. The van der Waals surface area contributed by atoms with Crippen LogP contribution < -0.4 is 10.6 Å². The molecule has 204 valence electrons. The number of rotatable bonds is 11. The number of amides is 2. The summed E-state index contributed by atoms with van der Waals surface area (Å²) in [7, 11) is 1.76. The summed E-state index contributed by atoms with van der Waals surface area (Å²) in [4.78, 5) is 39.1. The van der Waals surface area contributed by atoms with Crippen LogP contribution >= 0.6 is 0 Å². The molecule has 3 N–H and O–H groups in total. The summed E-state index contributed by atoms with van der Waals surface area (Å²) in [5.41, 5.74) is 0.455. The summed E-state index contributed by atoms with van der Waals surface area (Å²) in [6, 6.07) is 7.83. The summed E-state index contributed by atoms with van der Waals surface area (Å²) in [6.45, 7) is 12.9. The maximum absolute atomic E-state index is 13.4. The fraction of sp³-hybridized carbons (Fsp3) is 0.593. The number of aliphatic carboxylic acids is 1. The molecule has 0 fully saturated rings. The zero-order valence-electron chi connectivity index (χ0n) is 23.5. The minimum atomic E-state index is -1.44. The number of hydrogen-bond donors (Lipinski definition) is 3. The third kappa shape index (κ3) is 9.17. The highest BCUT2D eigenvalue weighted by atomic mass is 32.2. The topological polar surface area (TPSA) is 116 Å². The second kappa shape index (κ2) is 14.9. The molecule has 0 heterocycles. The molecular formula is C27H45N3O5S. The first-order valence-electron chi connectivity index (χ1n) is 12.1. The highest BCUT2D eigenvalue weighted by molar-refractivity contribution is 7.85. The molecule has 0 spiro atoms. The Morgan fingerprint density at radius 2 is 1.58 bits per heavy atom. The van der Waals surface area contributed by atoms with Gasteiger partial charge in [0.05, 0.1) is 10.8 Å². The number of carboxylic acid groups (broad SMARTS) is 1. The Hall–Kier alpha value is -2.52. The van der Waals surface area contributed by atoms with Gasteiger partial charge in [-0.15, -0.1) is 0 Å². The van der Waals surface area contributed by atoms with Crippen molar-refractivity contribution in [1.82, 2.24) is 15.5 Å². The summed E-state index contributed by atoms with van der Waals surface area (Å²) in [5.74, 6) is -1.92. The van der Waals surface area contributed by atoms with E-state index in [2.05, 4.69) is 24.5 Å². The van der Waals surface area contributed by atoms with Crippen molar-refractivity contribution >= 4 is 28.6 Å². The van der Waals surface area contributed by atoms with Gasteiger partial charge in [0.15, 0.2) is 0 Å². The van der Waals surface area contributed by atoms with E-state index in [1.54, 1.807) is 20.9 Å². The van der Waals surface area contributed by atoms with E-state index in [1.165, 1.54) is 37.6 Å². The van der Waals surface area contributed by atoms with Crippen LogP contribution in [0.5, 0.6) is 0 Å². The van der Waals surface area contributed by atoms with Crippen molar-refractivity contribution in [1.29, 1.82) is 0 Å². The first-order valence-corrected chi connectivity index (χ1v) is 13.7. The van der Waals surface area contributed by atoms with Crippen LogP contribution in [0.1, 0.15) is 60.5 Å². The molecule has 0 aliphatic carbocycles. The van der Waals surface area contributed by atoms with Crippen LogP contribution in [-0.4, -0.2) is 75.7 Å². The molecule has 2 amide bonds. The number of carbonyl (C=O) groups excluding carboxylic acids is 2. The Balaban J connectivity index is 0.00000387. The highest BCUT2D eigenvalue weighted by Gasteiger charge is 2.44. The lowest BCUT2D eigenvalue weighted by Gasteiger charge is -2.38. The van der Waals surface area contributed by atoms with Crippen LogP contribution in [0.25, 0.3) is 0 Å². The minimum Gasteiger partial charge on any atom is -0.478 e. The molecule has 1 aromatic carbocycles. The van der Waals surface area contributed by atoms with Crippen molar-refractivity contribution < 1.29 is 23.7 Å². The molecule has 0 saturated heterocycles. The fourth-order valence-corrected chi connectivity index (χ4v) is 3.94. The van der Waals surface area contributed by atoms with Crippen molar-refractivity contribution in [2.45, 2.75) is 77.1 Å². The number of nitrogens with one attached hydrogen (secondary N) is 2. The van der Waals surface area contributed by atoms with E-state index in [-0.39, 0.29) is 12.1 Å². The van der Waals surface area contributed by atoms with Crippen LogP contribution in [0.4, 0.5) is 0 Å². The lowest BCUT2D eigenvalue weighted by molar-refractivity contribution is -0.136. The van der Waals surface area contributed by atoms with Crippen molar-refractivity contribution in [2.75, 3.05) is 26.9 Å². The molecule has 3 atom stereocenters. The van der Waals surface area contributed by atoms with Crippen molar-refractivity contribution in [2.24, 2.45) is 0 Å². The second-order valence-electron chi connectivity index (χ2n) is 9.93. The number of likely N-dealkylation sites (N-methyl/N-ethyl adjacent to an activating group) is 2. The predicted molar refractivity (Wildman–Crippen MR) is 147 cm³/mol. The van der Waals surface area contributed by atoms with E-state index in [9.17, 15) is 18.6 Å². The Labute approximate surface area is 219 Å². The molecule has 0 radical (unpaired) electrons. The van der Waals surface area contributed by atoms with Gasteiger partial charge in [-0.05, 0) is 33.4 Å². The number of carboxylic acids is 1. The van der Waals surface area contributed by atoms with Gasteiger partial charge in [0.2, 0.25) is 11.8 Å². The van der Waals surface area contributed by atoms with Gasteiger partial charge in [-0.1, -0.05) is 70.5 Å². The molecule has 0 aliphatic rings. The van der Waals surface area contributed by atoms with Crippen molar-refractivity contribution in [3.05, 3.63) is 47.5 Å². The summed E-state index contributed by atoms with van der Waals surface area (Å²) >= 11 is 0. The van der Waals surface area contributed by atoms with E-state index >= 15 is 0 Å². The van der Waals surface area contributed by atoms with Crippen molar-refractivity contribution in [3.8, 4) is 0 Å². The Bertz CT molecular complexity index is 929. The normalized spacial score (nSPS) is 14.6. The SMILES string of the molecule is CCC.CNC(C(=O)NC(C(=O)N(C)C/C=C(\C)C(=O)O)C(C)(C)S(C)=O)C(C)(C)c1ccccc1. The third-order valence-electron chi connectivity index (χ3n) is 6.14. The van der Waals surface area contributed by atoms with E-state index < -0.39 is 50.8 Å². The Kier molecular flexibility index (Phi) is 13.9. The van der Waals surface area contributed by atoms with E-state index in [0.717, 1.165) is 5.56 Å². The molecule has 1 aromatic rings. The molecule has 0 saturated carbocycles. The molecule has 1 rings (SSSR count). The molecule has 9 heteroatoms. The minimum absolute atomic E-state index is 0.0424. The number of nitrogens with zero attached hydrogens (tertiary/aromatic N) is 1. The number of carbonyl (C=O) groups is 3. The number of benzene rings is 1. The van der Waals surface area contributed by atoms with Gasteiger partial charge in [0, 0.05) is 41.6 Å². The Morgan fingerprint density at radius 1 is 1.08 bits per heavy atom. The molecule has 0 aromatic heterocycles. The van der Waals surface area contributed by atoms with E-state index in [4.69, 9.17) is 5.11 Å². The van der Waals surface area contributed by atoms with Crippen molar-refractivity contribution in [3.63, 3.8) is 0 Å². The standard InChI is InChI=1S/C24H37N3O5S.C3H8/c1-16(22(30)31)14-15-27(7)21(29)19(24(4,5)33(8)32)26-20(28)18(25-6)23(2,3)17-12-10-9-11-13-17;1-3-2/h9-14,18-19,25H,15H2,1-8H3,(H,26,28)(H,30,31);3H2,1-2H3/b16-14+;. The molecule has 0 bridgehead atoms. The maximum atomic E-state index is 13.4. The first-order chi connectivity index (χ1) is 16.6. The monoisotopic (exact) mass is 523 g/mol. The third-order valence-corrected chi connectivity index (χ3v) is 7.86. The van der Waals surface area contributed by atoms with E-state index in [0.29, 0.717) is 0 Å². The fourth-order valence-electron chi connectivity index (χ4n) is 3.45. The van der Waals surface area contributed by atoms with Gasteiger partial charge in [-0.25, -0.2) is 4.79 Å². The van der Waals surface area contributed by atoms with Gasteiger partial charge < -0.3 is 20.6 Å². The lowest BCUT2D eigenvalue weighted by Crippen LogP contribution is -2.63. The Morgan fingerprint density at radius 3 is 2.00 bits per heavy atom. The smallest absolute Gasteiger partial charge is 0.331 e. The maximum Gasteiger partial charge on any atom is 0.331 e. The molecule has 36 heavy (non-hydrogen) atoms. The van der Waals surface area contributed by atoms with Gasteiger partial charge in [-0.2, -0.15) is 0 Å². The van der Waals surface area contributed by atoms with Crippen LogP contribution in [0, 0.1) is 0 Å². The molecular weight excluding hydrogens is 478 g/mol. The van der Waals surface area contributed by atoms with Gasteiger partial charge in [0.1, 0.15) is 6.04 Å². The van der Waals surface area contributed by atoms with Gasteiger partial charge in [0.25, 0.3) is 0 Å². The summed E-state index contributed by atoms with van der Waals surface area (Å²) in [6.07, 6.45) is 4.16. The average molecular weight is 524 g/mol. The van der Waals surface area contributed by atoms with Crippen LogP contribution in [-0.2, 0) is 30.6 Å². The van der Waals surface area contributed by atoms with Crippen LogP contribution in [0.3, 0.4) is 0 Å².